The predicted octanol–water partition coefficient (Wildman–Crippen LogP) is 4.46. The van der Waals surface area contributed by atoms with Crippen molar-refractivity contribution in [3.63, 3.8) is 0 Å². The van der Waals surface area contributed by atoms with E-state index in [-0.39, 0.29) is 6.10 Å². The van der Waals surface area contributed by atoms with Gasteiger partial charge in [-0.3, -0.25) is 0 Å². The van der Waals surface area contributed by atoms with Crippen molar-refractivity contribution in [2.45, 2.75) is 26.0 Å². The van der Waals surface area contributed by atoms with Gasteiger partial charge in [0.2, 0.25) is 0 Å². The molecule has 0 radical (unpaired) electrons. The van der Waals surface area contributed by atoms with Gasteiger partial charge in [0.25, 0.3) is 0 Å². The van der Waals surface area contributed by atoms with Gasteiger partial charge in [-0.1, -0.05) is 41.9 Å². The summed E-state index contributed by atoms with van der Waals surface area (Å²) >= 11 is 5.85. The first-order valence-electron chi connectivity index (χ1n) is 6.85. The first-order valence-corrected chi connectivity index (χ1v) is 7.23. The van der Waals surface area contributed by atoms with Crippen LogP contribution >= 0.6 is 11.6 Å². The van der Waals surface area contributed by atoms with E-state index in [2.05, 4.69) is 43.4 Å². The third-order valence-electron chi connectivity index (χ3n) is 3.16. The molecule has 2 nitrogen and oxygen atoms in total. The molecule has 2 atom stereocenters. The highest BCUT2D eigenvalue weighted by Gasteiger charge is 2.08. The maximum Gasteiger partial charge on any atom is 0.119 e. The minimum atomic E-state index is 0.0994. The molecule has 0 aromatic heterocycles. The minimum absolute atomic E-state index is 0.0994. The van der Waals surface area contributed by atoms with Crippen molar-refractivity contribution >= 4 is 11.6 Å². The largest absolute Gasteiger partial charge is 0.489 e. The lowest BCUT2D eigenvalue weighted by Crippen LogP contribution is -2.30. The zero-order chi connectivity index (χ0) is 14.4. The average molecular weight is 290 g/mol. The van der Waals surface area contributed by atoms with Gasteiger partial charge in [0.1, 0.15) is 11.9 Å². The molecule has 0 amide bonds. The third kappa shape index (κ3) is 4.55. The fraction of sp³-hybridized carbons (Fsp3) is 0.294. The summed E-state index contributed by atoms with van der Waals surface area (Å²) in [6, 6.07) is 18.2. The van der Waals surface area contributed by atoms with Crippen molar-refractivity contribution in [2.75, 3.05) is 6.54 Å². The second kappa shape index (κ2) is 7.32. The Labute approximate surface area is 125 Å². The summed E-state index contributed by atoms with van der Waals surface area (Å²) in [5, 5.41) is 4.20. The van der Waals surface area contributed by atoms with Gasteiger partial charge in [-0.25, -0.2) is 0 Å². The third-order valence-corrected chi connectivity index (χ3v) is 3.41. The number of rotatable bonds is 6. The van der Waals surface area contributed by atoms with Gasteiger partial charge in [-0.15, -0.1) is 0 Å². The first kappa shape index (κ1) is 14.9. The quantitative estimate of drug-likeness (QED) is 0.848. The maximum atomic E-state index is 5.85. The van der Waals surface area contributed by atoms with Crippen LogP contribution in [0.1, 0.15) is 25.5 Å². The number of benzene rings is 2. The van der Waals surface area contributed by atoms with E-state index in [0.29, 0.717) is 6.04 Å². The monoisotopic (exact) mass is 289 g/mol. The van der Waals surface area contributed by atoms with Crippen LogP contribution in [0.2, 0.25) is 5.02 Å². The molecule has 2 aromatic carbocycles. The molecule has 3 heteroatoms. The molecule has 0 bridgehead atoms. The summed E-state index contributed by atoms with van der Waals surface area (Å²) < 4.78 is 5.83. The van der Waals surface area contributed by atoms with Crippen LogP contribution < -0.4 is 10.1 Å². The summed E-state index contributed by atoms with van der Waals surface area (Å²) in [4.78, 5) is 0. The highest BCUT2D eigenvalue weighted by atomic mass is 35.5. The predicted molar refractivity (Wildman–Crippen MR) is 84.4 cm³/mol. The SMILES string of the molecule is CC(CNC(C)c1ccccc1)Oc1ccc(Cl)cc1. The van der Waals surface area contributed by atoms with Gasteiger partial charge in [-0.2, -0.15) is 0 Å². The molecule has 2 aromatic rings. The second-order valence-electron chi connectivity index (χ2n) is 4.92. The summed E-state index contributed by atoms with van der Waals surface area (Å²) in [5.41, 5.74) is 1.28. The fourth-order valence-electron chi connectivity index (χ4n) is 1.99. The Hall–Kier alpha value is -1.51. The van der Waals surface area contributed by atoms with Crippen molar-refractivity contribution in [2.24, 2.45) is 0 Å². The summed E-state index contributed by atoms with van der Waals surface area (Å²) in [6.07, 6.45) is 0.0994. The molecule has 106 valence electrons. The standard InChI is InChI=1S/C17H20ClNO/c1-13(20-17-10-8-16(18)9-11-17)12-19-14(2)15-6-4-3-5-7-15/h3-11,13-14,19H,12H2,1-2H3. The Bertz CT molecular complexity index is 512. The average Bonchev–Trinajstić information content (AvgIpc) is 2.48. The molecule has 0 saturated carbocycles. The van der Waals surface area contributed by atoms with Crippen LogP contribution in [0.25, 0.3) is 0 Å². The zero-order valence-corrected chi connectivity index (χ0v) is 12.6. The molecule has 2 unspecified atom stereocenters. The lowest BCUT2D eigenvalue weighted by Gasteiger charge is -2.19. The van der Waals surface area contributed by atoms with E-state index in [1.54, 1.807) is 0 Å². The Morgan fingerprint density at radius 2 is 1.65 bits per heavy atom. The van der Waals surface area contributed by atoms with Gasteiger partial charge in [0, 0.05) is 17.6 Å². The zero-order valence-electron chi connectivity index (χ0n) is 11.8. The Morgan fingerprint density at radius 3 is 2.30 bits per heavy atom. The lowest BCUT2D eigenvalue weighted by atomic mass is 10.1. The van der Waals surface area contributed by atoms with Crippen molar-refractivity contribution < 1.29 is 4.74 Å². The smallest absolute Gasteiger partial charge is 0.119 e. The van der Waals surface area contributed by atoms with Crippen LogP contribution in [0.5, 0.6) is 5.75 Å². The number of halogens is 1. The van der Waals surface area contributed by atoms with Gasteiger partial charge in [0.15, 0.2) is 0 Å². The van der Waals surface area contributed by atoms with Crippen molar-refractivity contribution in [3.05, 3.63) is 65.2 Å². The molecule has 0 heterocycles. The van der Waals surface area contributed by atoms with E-state index in [1.807, 2.05) is 30.3 Å². The maximum absolute atomic E-state index is 5.85. The second-order valence-corrected chi connectivity index (χ2v) is 5.36. The van der Waals surface area contributed by atoms with Crippen LogP contribution in [0.4, 0.5) is 0 Å². The van der Waals surface area contributed by atoms with E-state index >= 15 is 0 Å². The molecule has 1 N–H and O–H groups in total. The van der Waals surface area contributed by atoms with Crippen LogP contribution in [0.3, 0.4) is 0 Å². The van der Waals surface area contributed by atoms with Crippen LogP contribution in [0, 0.1) is 0 Å². The van der Waals surface area contributed by atoms with E-state index in [9.17, 15) is 0 Å². The summed E-state index contributed by atoms with van der Waals surface area (Å²) in [6.45, 7) is 5.00. The molecule has 0 spiro atoms. The van der Waals surface area contributed by atoms with E-state index in [4.69, 9.17) is 16.3 Å². The topological polar surface area (TPSA) is 21.3 Å². The Kier molecular flexibility index (Phi) is 5.45. The molecule has 0 fully saturated rings. The van der Waals surface area contributed by atoms with E-state index in [0.717, 1.165) is 17.3 Å². The van der Waals surface area contributed by atoms with Gasteiger partial charge in [0.05, 0.1) is 0 Å². The fourth-order valence-corrected chi connectivity index (χ4v) is 2.12. The van der Waals surface area contributed by atoms with E-state index < -0.39 is 0 Å². The molecule has 20 heavy (non-hydrogen) atoms. The van der Waals surface area contributed by atoms with Crippen molar-refractivity contribution in [1.82, 2.24) is 5.32 Å². The van der Waals surface area contributed by atoms with Crippen LogP contribution in [0.15, 0.2) is 54.6 Å². The van der Waals surface area contributed by atoms with Gasteiger partial charge >= 0.3 is 0 Å². The molecular weight excluding hydrogens is 270 g/mol. The normalized spacial score (nSPS) is 13.8. The number of nitrogens with one attached hydrogen (secondary N) is 1. The summed E-state index contributed by atoms with van der Waals surface area (Å²) in [5.74, 6) is 0.844. The first-order chi connectivity index (χ1) is 9.65. The Balaban J connectivity index is 1.80. The van der Waals surface area contributed by atoms with Crippen molar-refractivity contribution in [3.8, 4) is 5.75 Å². The van der Waals surface area contributed by atoms with E-state index in [1.165, 1.54) is 5.56 Å². The van der Waals surface area contributed by atoms with Gasteiger partial charge < -0.3 is 10.1 Å². The molecule has 0 aliphatic rings. The lowest BCUT2D eigenvalue weighted by molar-refractivity contribution is 0.212. The van der Waals surface area contributed by atoms with Crippen LogP contribution in [-0.2, 0) is 0 Å². The van der Waals surface area contributed by atoms with Gasteiger partial charge in [-0.05, 0) is 43.7 Å². The summed E-state index contributed by atoms with van der Waals surface area (Å²) in [7, 11) is 0. The molecule has 0 aliphatic heterocycles. The highest BCUT2D eigenvalue weighted by molar-refractivity contribution is 6.30. The number of ether oxygens (including phenoxy) is 1. The van der Waals surface area contributed by atoms with Crippen LogP contribution in [-0.4, -0.2) is 12.6 Å². The molecule has 0 aliphatic carbocycles. The number of hydrogen-bond donors (Lipinski definition) is 1. The molecule has 2 rings (SSSR count). The number of hydrogen-bond acceptors (Lipinski definition) is 2. The molecular formula is C17H20ClNO. The minimum Gasteiger partial charge on any atom is -0.489 e. The molecule has 0 saturated heterocycles. The van der Waals surface area contributed by atoms with Crippen molar-refractivity contribution in [1.29, 1.82) is 0 Å². The Morgan fingerprint density at radius 1 is 1.00 bits per heavy atom. The highest BCUT2D eigenvalue weighted by Crippen LogP contribution is 2.17.